The molecule has 1 aliphatic heterocycles. The topological polar surface area (TPSA) is 35.8 Å². The second-order valence-corrected chi connectivity index (χ2v) is 3.98. The molecule has 0 unspecified atom stereocenters. The summed E-state index contributed by atoms with van der Waals surface area (Å²) in [4.78, 5) is 0. The number of hydrogen-bond acceptors (Lipinski definition) is 2. The van der Waals surface area contributed by atoms with Gasteiger partial charge in [0.05, 0.1) is 11.1 Å². The van der Waals surface area contributed by atoms with Crippen LogP contribution in [0.4, 0.5) is 0 Å². The standard InChI is InChI=1S/C12H12N2/c1-12(2)11-6-4-3-5-10(11)9(7-13)8-14-12/h3-6,8,14H,1-2H3. The molecular weight excluding hydrogens is 172 g/mol. The van der Waals surface area contributed by atoms with Gasteiger partial charge in [0.25, 0.3) is 0 Å². The zero-order chi connectivity index (χ0) is 10.2. The first-order valence-corrected chi connectivity index (χ1v) is 4.63. The van der Waals surface area contributed by atoms with Gasteiger partial charge in [-0.05, 0) is 25.0 Å². The number of allylic oxidation sites excluding steroid dienone is 1. The lowest BCUT2D eigenvalue weighted by atomic mass is 9.85. The van der Waals surface area contributed by atoms with E-state index in [4.69, 9.17) is 5.26 Å². The summed E-state index contributed by atoms with van der Waals surface area (Å²) < 4.78 is 0. The van der Waals surface area contributed by atoms with E-state index in [9.17, 15) is 0 Å². The van der Waals surface area contributed by atoms with Crippen LogP contribution in [0.25, 0.3) is 5.57 Å². The molecule has 2 heteroatoms. The summed E-state index contributed by atoms with van der Waals surface area (Å²) in [6, 6.07) is 10.2. The number of fused-ring (bicyclic) bond motifs is 1. The molecule has 1 aliphatic rings. The van der Waals surface area contributed by atoms with Gasteiger partial charge in [-0.2, -0.15) is 5.26 Å². The molecule has 0 amide bonds. The molecule has 0 atom stereocenters. The summed E-state index contributed by atoms with van der Waals surface area (Å²) in [7, 11) is 0. The van der Waals surface area contributed by atoms with Crippen LogP contribution < -0.4 is 5.32 Å². The summed E-state index contributed by atoms with van der Waals surface area (Å²) >= 11 is 0. The van der Waals surface area contributed by atoms with Gasteiger partial charge in [-0.1, -0.05) is 24.3 Å². The second-order valence-electron chi connectivity index (χ2n) is 3.98. The van der Waals surface area contributed by atoms with Gasteiger partial charge >= 0.3 is 0 Å². The Labute approximate surface area is 83.9 Å². The maximum Gasteiger partial charge on any atom is 0.101 e. The van der Waals surface area contributed by atoms with E-state index in [0.717, 1.165) is 5.56 Å². The monoisotopic (exact) mass is 184 g/mol. The Hall–Kier alpha value is -1.75. The third-order valence-electron chi connectivity index (χ3n) is 2.59. The maximum atomic E-state index is 8.95. The van der Waals surface area contributed by atoms with Crippen molar-refractivity contribution in [1.29, 1.82) is 5.26 Å². The molecule has 70 valence electrons. The van der Waals surface area contributed by atoms with Crippen molar-refractivity contribution in [3.63, 3.8) is 0 Å². The largest absolute Gasteiger partial charge is 0.381 e. The Balaban J connectivity index is 2.66. The molecule has 0 spiro atoms. The summed E-state index contributed by atoms with van der Waals surface area (Å²) in [5.74, 6) is 0. The molecule has 2 rings (SSSR count). The van der Waals surface area contributed by atoms with E-state index in [-0.39, 0.29) is 5.54 Å². The number of rotatable bonds is 0. The van der Waals surface area contributed by atoms with Crippen LogP contribution in [0.5, 0.6) is 0 Å². The fourth-order valence-electron chi connectivity index (χ4n) is 1.76. The zero-order valence-electron chi connectivity index (χ0n) is 8.33. The van der Waals surface area contributed by atoms with Crippen LogP contribution in [0.3, 0.4) is 0 Å². The van der Waals surface area contributed by atoms with Gasteiger partial charge in [0, 0.05) is 6.20 Å². The van der Waals surface area contributed by atoms with Crippen LogP contribution in [0.2, 0.25) is 0 Å². The van der Waals surface area contributed by atoms with Crippen LogP contribution in [0.15, 0.2) is 30.5 Å². The van der Waals surface area contributed by atoms with Crippen LogP contribution in [0, 0.1) is 11.3 Å². The van der Waals surface area contributed by atoms with E-state index in [0.29, 0.717) is 5.57 Å². The SMILES string of the molecule is CC1(C)NC=C(C#N)c2ccccc21. The van der Waals surface area contributed by atoms with Gasteiger partial charge in [-0.15, -0.1) is 0 Å². The molecule has 0 aliphatic carbocycles. The maximum absolute atomic E-state index is 8.95. The van der Waals surface area contributed by atoms with Crippen LogP contribution in [-0.4, -0.2) is 0 Å². The van der Waals surface area contributed by atoms with E-state index in [1.165, 1.54) is 5.56 Å². The van der Waals surface area contributed by atoms with Gasteiger partial charge in [-0.25, -0.2) is 0 Å². The Bertz CT molecular complexity index is 436. The van der Waals surface area contributed by atoms with E-state index in [1.54, 1.807) is 6.20 Å². The Kier molecular flexibility index (Phi) is 1.82. The molecule has 2 nitrogen and oxygen atoms in total. The first kappa shape index (κ1) is 8.83. The Morgan fingerprint density at radius 3 is 2.71 bits per heavy atom. The van der Waals surface area contributed by atoms with Crippen LogP contribution >= 0.6 is 0 Å². The molecule has 1 aromatic rings. The Morgan fingerprint density at radius 2 is 2.00 bits per heavy atom. The summed E-state index contributed by atoms with van der Waals surface area (Å²) in [6.45, 7) is 4.22. The molecular formula is C12H12N2. The lowest BCUT2D eigenvalue weighted by molar-refractivity contribution is 0.460. The molecule has 0 saturated heterocycles. The highest BCUT2D eigenvalue weighted by Crippen LogP contribution is 2.31. The molecule has 0 fully saturated rings. The summed E-state index contributed by atoms with van der Waals surface area (Å²) in [6.07, 6.45) is 1.79. The minimum absolute atomic E-state index is 0.0864. The minimum atomic E-state index is -0.0864. The highest BCUT2D eigenvalue weighted by molar-refractivity contribution is 5.80. The van der Waals surface area contributed by atoms with Crippen LogP contribution in [0.1, 0.15) is 25.0 Å². The molecule has 0 aromatic heterocycles. The molecule has 1 aromatic carbocycles. The number of hydrogen-bond donors (Lipinski definition) is 1. The third-order valence-corrected chi connectivity index (χ3v) is 2.59. The van der Waals surface area contributed by atoms with Crippen molar-refractivity contribution in [3.05, 3.63) is 41.6 Å². The van der Waals surface area contributed by atoms with E-state index in [2.05, 4.69) is 31.3 Å². The van der Waals surface area contributed by atoms with Crippen LogP contribution in [-0.2, 0) is 5.54 Å². The van der Waals surface area contributed by atoms with Crippen molar-refractivity contribution >= 4 is 5.57 Å². The number of nitriles is 1. The van der Waals surface area contributed by atoms with Crippen molar-refractivity contribution in [2.45, 2.75) is 19.4 Å². The molecule has 14 heavy (non-hydrogen) atoms. The van der Waals surface area contributed by atoms with Crippen molar-refractivity contribution in [3.8, 4) is 6.07 Å². The van der Waals surface area contributed by atoms with E-state index < -0.39 is 0 Å². The van der Waals surface area contributed by atoms with Gasteiger partial charge in [0.15, 0.2) is 0 Å². The van der Waals surface area contributed by atoms with Crippen molar-refractivity contribution < 1.29 is 0 Å². The molecule has 1 heterocycles. The Morgan fingerprint density at radius 1 is 1.29 bits per heavy atom. The fourth-order valence-corrected chi connectivity index (χ4v) is 1.76. The van der Waals surface area contributed by atoms with Crippen molar-refractivity contribution in [2.24, 2.45) is 0 Å². The zero-order valence-corrected chi connectivity index (χ0v) is 8.33. The average Bonchev–Trinajstić information content (AvgIpc) is 2.18. The highest BCUT2D eigenvalue weighted by atomic mass is 14.9. The predicted octanol–water partition coefficient (Wildman–Crippen LogP) is 2.39. The number of nitrogens with zero attached hydrogens (tertiary/aromatic N) is 1. The smallest absolute Gasteiger partial charge is 0.101 e. The van der Waals surface area contributed by atoms with Crippen molar-refractivity contribution in [1.82, 2.24) is 5.32 Å². The number of benzene rings is 1. The molecule has 0 radical (unpaired) electrons. The molecule has 1 N–H and O–H groups in total. The molecule has 0 bridgehead atoms. The third kappa shape index (κ3) is 1.18. The first-order valence-electron chi connectivity index (χ1n) is 4.63. The van der Waals surface area contributed by atoms with E-state index >= 15 is 0 Å². The first-order chi connectivity index (χ1) is 6.65. The quantitative estimate of drug-likeness (QED) is 0.672. The van der Waals surface area contributed by atoms with Gasteiger partial charge in [0.2, 0.25) is 0 Å². The van der Waals surface area contributed by atoms with Gasteiger partial charge in [-0.3, -0.25) is 0 Å². The lowest BCUT2D eigenvalue weighted by Crippen LogP contribution is -2.36. The summed E-state index contributed by atoms with van der Waals surface area (Å²) in [5.41, 5.74) is 2.84. The predicted molar refractivity (Wildman–Crippen MR) is 56.2 cm³/mol. The van der Waals surface area contributed by atoms with Gasteiger partial charge in [0.1, 0.15) is 6.07 Å². The van der Waals surface area contributed by atoms with Gasteiger partial charge < -0.3 is 5.32 Å². The normalized spacial score (nSPS) is 17.4. The number of nitrogens with one attached hydrogen (secondary N) is 1. The lowest BCUT2D eigenvalue weighted by Gasteiger charge is -2.32. The minimum Gasteiger partial charge on any atom is -0.381 e. The highest BCUT2D eigenvalue weighted by Gasteiger charge is 2.26. The molecule has 0 saturated carbocycles. The summed E-state index contributed by atoms with van der Waals surface area (Å²) in [5, 5.41) is 12.2. The van der Waals surface area contributed by atoms with E-state index in [1.807, 2.05) is 18.2 Å². The fraction of sp³-hybridized carbons (Fsp3) is 0.250. The second kappa shape index (κ2) is 2.88. The van der Waals surface area contributed by atoms with Crippen molar-refractivity contribution in [2.75, 3.05) is 0 Å². The average molecular weight is 184 g/mol.